The molecule has 1 atom stereocenters. The van der Waals surface area contributed by atoms with Gasteiger partial charge in [-0.05, 0) is 19.9 Å². The van der Waals surface area contributed by atoms with Gasteiger partial charge in [0.25, 0.3) is 0 Å². The van der Waals surface area contributed by atoms with E-state index in [2.05, 4.69) is 5.10 Å². The second-order valence-electron chi connectivity index (χ2n) is 2.45. The number of alkyl halides is 1. The SMILES string of the molecule is Cc1cc(C(C)Cl)n(C)n1. The van der Waals surface area contributed by atoms with Crippen molar-refractivity contribution < 1.29 is 0 Å². The molecule has 2 nitrogen and oxygen atoms in total. The van der Waals surface area contributed by atoms with Crippen LogP contribution in [0.3, 0.4) is 0 Å². The molecule has 1 aromatic rings. The smallest absolute Gasteiger partial charge is 0.0726 e. The largest absolute Gasteiger partial charge is 0.271 e. The highest BCUT2D eigenvalue weighted by Crippen LogP contribution is 2.18. The fourth-order valence-electron chi connectivity index (χ4n) is 1.00. The van der Waals surface area contributed by atoms with E-state index in [0.717, 1.165) is 11.4 Å². The third-order valence-electron chi connectivity index (χ3n) is 1.45. The first kappa shape index (κ1) is 7.61. The number of nitrogens with zero attached hydrogens (tertiary/aromatic N) is 2. The average Bonchev–Trinajstić information content (AvgIpc) is 2.10. The molecule has 1 rings (SSSR count). The quantitative estimate of drug-likeness (QED) is 0.572. The van der Waals surface area contributed by atoms with Crippen molar-refractivity contribution in [3.63, 3.8) is 0 Å². The van der Waals surface area contributed by atoms with E-state index in [4.69, 9.17) is 11.6 Å². The molecule has 0 saturated carbocycles. The molecule has 0 aliphatic rings. The molecule has 0 aliphatic carbocycles. The van der Waals surface area contributed by atoms with E-state index in [9.17, 15) is 0 Å². The molecule has 0 spiro atoms. The molecule has 3 heteroatoms. The van der Waals surface area contributed by atoms with Crippen LogP contribution < -0.4 is 0 Å². The molecule has 1 heterocycles. The average molecular weight is 159 g/mol. The lowest BCUT2D eigenvalue weighted by Crippen LogP contribution is -1.97. The predicted octanol–water partition coefficient (Wildman–Crippen LogP) is 2.03. The summed E-state index contributed by atoms with van der Waals surface area (Å²) in [6.07, 6.45) is 0. The predicted molar refractivity (Wildman–Crippen MR) is 42.2 cm³/mol. The van der Waals surface area contributed by atoms with E-state index in [1.165, 1.54) is 0 Å². The Labute approximate surface area is 65.8 Å². The highest BCUT2D eigenvalue weighted by atomic mass is 35.5. The Morgan fingerprint density at radius 1 is 1.70 bits per heavy atom. The molecule has 10 heavy (non-hydrogen) atoms. The van der Waals surface area contributed by atoms with Crippen molar-refractivity contribution in [1.82, 2.24) is 9.78 Å². The number of aryl methyl sites for hydroxylation is 2. The van der Waals surface area contributed by atoms with Crippen LogP contribution in [0.15, 0.2) is 6.07 Å². The zero-order valence-electron chi connectivity index (χ0n) is 6.43. The zero-order chi connectivity index (χ0) is 7.72. The number of hydrogen-bond donors (Lipinski definition) is 0. The van der Waals surface area contributed by atoms with Crippen molar-refractivity contribution in [3.8, 4) is 0 Å². The molecule has 56 valence electrons. The summed E-state index contributed by atoms with van der Waals surface area (Å²) in [5, 5.41) is 4.21. The topological polar surface area (TPSA) is 17.8 Å². The Bertz CT molecular complexity index is 228. The number of aromatic nitrogens is 2. The van der Waals surface area contributed by atoms with Gasteiger partial charge in [0.05, 0.1) is 16.8 Å². The lowest BCUT2D eigenvalue weighted by molar-refractivity contribution is 0.704. The number of rotatable bonds is 1. The van der Waals surface area contributed by atoms with Gasteiger partial charge in [-0.1, -0.05) is 0 Å². The van der Waals surface area contributed by atoms with Crippen LogP contribution in [0.1, 0.15) is 23.7 Å². The first-order valence-electron chi connectivity index (χ1n) is 3.26. The molecule has 0 fully saturated rings. The van der Waals surface area contributed by atoms with Crippen LogP contribution in [0.2, 0.25) is 0 Å². The summed E-state index contributed by atoms with van der Waals surface area (Å²) in [6, 6.07) is 2.00. The number of halogens is 1. The molecule has 1 aromatic heterocycles. The minimum Gasteiger partial charge on any atom is -0.271 e. The standard InChI is InChI=1S/C7H11ClN2/c1-5-4-7(6(2)8)10(3)9-5/h4,6H,1-3H3. The van der Waals surface area contributed by atoms with Gasteiger partial charge >= 0.3 is 0 Å². The molecule has 0 bridgehead atoms. The maximum absolute atomic E-state index is 5.86. The summed E-state index contributed by atoms with van der Waals surface area (Å²) in [5.41, 5.74) is 2.09. The van der Waals surface area contributed by atoms with Crippen molar-refractivity contribution in [1.29, 1.82) is 0 Å². The molecule has 1 unspecified atom stereocenters. The van der Waals surface area contributed by atoms with Gasteiger partial charge in [0, 0.05) is 7.05 Å². The Morgan fingerprint density at radius 3 is 2.50 bits per heavy atom. The van der Waals surface area contributed by atoms with Crippen LogP contribution in [0.5, 0.6) is 0 Å². The van der Waals surface area contributed by atoms with E-state index in [1.54, 1.807) is 0 Å². The molecule has 0 aliphatic heterocycles. The van der Waals surface area contributed by atoms with Crippen LogP contribution >= 0.6 is 11.6 Å². The van der Waals surface area contributed by atoms with Gasteiger partial charge < -0.3 is 0 Å². The van der Waals surface area contributed by atoms with Gasteiger partial charge in [0.2, 0.25) is 0 Å². The normalized spacial score (nSPS) is 13.6. The fraction of sp³-hybridized carbons (Fsp3) is 0.571. The molecule has 0 amide bonds. The molecular formula is C7H11ClN2. The maximum Gasteiger partial charge on any atom is 0.0726 e. The Morgan fingerprint density at radius 2 is 2.30 bits per heavy atom. The van der Waals surface area contributed by atoms with Gasteiger partial charge in [-0.2, -0.15) is 5.10 Å². The van der Waals surface area contributed by atoms with Gasteiger partial charge in [0.1, 0.15) is 0 Å². The second kappa shape index (κ2) is 2.62. The van der Waals surface area contributed by atoms with Crippen molar-refractivity contribution in [2.24, 2.45) is 7.05 Å². The van der Waals surface area contributed by atoms with Crippen molar-refractivity contribution >= 4 is 11.6 Å². The minimum absolute atomic E-state index is 0.0474. The second-order valence-corrected chi connectivity index (χ2v) is 3.10. The highest BCUT2D eigenvalue weighted by Gasteiger charge is 2.06. The molecule has 0 radical (unpaired) electrons. The van der Waals surface area contributed by atoms with Gasteiger partial charge in [-0.15, -0.1) is 11.6 Å². The Hall–Kier alpha value is -0.500. The molecule has 0 N–H and O–H groups in total. The van der Waals surface area contributed by atoms with Crippen LogP contribution in [0.4, 0.5) is 0 Å². The van der Waals surface area contributed by atoms with Crippen LogP contribution in [0.25, 0.3) is 0 Å². The van der Waals surface area contributed by atoms with Crippen LogP contribution in [-0.2, 0) is 7.05 Å². The molecule has 0 aromatic carbocycles. The first-order chi connectivity index (χ1) is 4.61. The summed E-state index contributed by atoms with van der Waals surface area (Å²) in [6.45, 7) is 3.90. The summed E-state index contributed by atoms with van der Waals surface area (Å²) in [7, 11) is 1.90. The fourth-order valence-corrected chi connectivity index (χ4v) is 1.21. The Balaban J connectivity index is 3.03. The van der Waals surface area contributed by atoms with E-state index in [1.807, 2.05) is 31.6 Å². The van der Waals surface area contributed by atoms with Crippen LogP contribution in [0, 0.1) is 6.92 Å². The zero-order valence-corrected chi connectivity index (χ0v) is 7.18. The lowest BCUT2D eigenvalue weighted by atomic mass is 10.3. The van der Waals surface area contributed by atoms with Crippen molar-refractivity contribution in [2.75, 3.05) is 0 Å². The minimum atomic E-state index is 0.0474. The third kappa shape index (κ3) is 1.32. The van der Waals surface area contributed by atoms with Crippen LogP contribution in [-0.4, -0.2) is 9.78 Å². The van der Waals surface area contributed by atoms with Gasteiger partial charge in [0.15, 0.2) is 0 Å². The summed E-state index contributed by atoms with van der Waals surface area (Å²) in [5.74, 6) is 0. The molecule has 0 saturated heterocycles. The number of hydrogen-bond acceptors (Lipinski definition) is 1. The van der Waals surface area contributed by atoms with E-state index >= 15 is 0 Å². The Kier molecular flexibility index (Phi) is 2.00. The highest BCUT2D eigenvalue weighted by molar-refractivity contribution is 6.20. The third-order valence-corrected chi connectivity index (χ3v) is 1.67. The van der Waals surface area contributed by atoms with Gasteiger partial charge in [-0.25, -0.2) is 0 Å². The van der Waals surface area contributed by atoms with E-state index in [0.29, 0.717) is 0 Å². The molecular weight excluding hydrogens is 148 g/mol. The summed E-state index contributed by atoms with van der Waals surface area (Å²) >= 11 is 5.86. The summed E-state index contributed by atoms with van der Waals surface area (Å²) < 4.78 is 1.81. The van der Waals surface area contributed by atoms with Crippen molar-refractivity contribution in [2.45, 2.75) is 19.2 Å². The lowest BCUT2D eigenvalue weighted by Gasteiger charge is -2.00. The van der Waals surface area contributed by atoms with E-state index in [-0.39, 0.29) is 5.38 Å². The first-order valence-corrected chi connectivity index (χ1v) is 3.69. The monoisotopic (exact) mass is 158 g/mol. The van der Waals surface area contributed by atoms with E-state index < -0.39 is 0 Å². The summed E-state index contributed by atoms with van der Waals surface area (Å²) in [4.78, 5) is 0. The maximum atomic E-state index is 5.86. The van der Waals surface area contributed by atoms with Gasteiger partial charge in [-0.3, -0.25) is 4.68 Å². The van der Waals surface area contributed by atoms with Crippen molar-refractivity contribution in [3.05, 3.63) is 17.5 Å².